The van der Waals surface area contributed by atoms with Gasteiger partial charge in [-0.05, 0) is 33.3 Å². The summed E-state index contributed by atoms with van der Waals surface area (Å²) in [6.45, 7) is 10.5. The molecule has 0 heterocycles. The molecule has 0 amide bonds. The molecule has 0 atom stereocenters. The first kappa shape index (κ1) is 12.8. The van der Waals surface area contributed by atoms with Crippen molar-refractivity contribution in [1.82, 2.24) is 4.90 Å². The number of nitrogens with zero attached hydrogens (tertiary/aromatic N) is 2. The molecule has 0 saturated carbocycles. The predicted molar refractivity (Wildman–Crippen MR) is 70.8 cm³/mol. The van der Waals surface area contributed by atoms with Gasteiger partial charge in [0.05, 0.1) is 12.9 Å². The van der Waals surface area contributed by atoms with E-state index >= 15 is 0 Å². The second-order valence-corrected chi connectivity index (χ2v) is 4.90. The fraction of sp³-hybridized carbons (Fsp3) is 0.500. The molecule has 1 aromatic carbocycles. The standard InChI is InChI=1S/C14H22N2/c1-5-16(14(2,3)4)12-15-11-13-9-7-6-8-10-13/h6-10,12H,5,11H2,1-4H3. The maximum Gasteiger partial charge on any atom is 0.0858 e. The number of hydrogen-bond donors (Lipinski definition) is 0. The largest absolute Gasteiger partial charge is 0.358 e. The fourth-order valence-electron chi connectivity index (χ4n) is 1.56. The highest BCUT2D eigenvalue weighted by Gasteiger charge is 2.15. The lowest BCUT2D eigenvalue weighted by Gasteiger charge is -2.32. The molecule has 88 valence electrons. The Morgan fingerprint density at radius 3 is 2.31 bits per heavy atom. The molecule has 0 aliphatic carbocycles. The molecule has 16 heavy (non-hydrogen) atoms. The molecular formula is C14H22N2. The van der Waals surface area contributed by atoms with Gasteiger partial charge in [0, 0.05) is 12.1 Å². The molecule has 0 fully saturated rings. The SMILES string of the molecule is CCN(C=NCc1ccccc1)C(C)(C)C. The minimum absolute atomic E-state index is 0.148. The highest BCUT2D eigenvalue weighted by molar-refractivity contribution is 5.56. The first-order chi connectivity index (χ1) is 7.54. The van der Waals surface area contributed by atoms with Crippen LogP contribution in [0.15, 0.2) is 35.3 Å². The van der Waals surface area contributed by atoms with Crippen LogP contribution in [-0.4, -0.2) is 23.3 Å². The van der Waals surface area contributed by atoms with Crippen molar-refractivity contribution >= 4 is 6.34 Å². The summed E-state index contributed by atoms with van der Waals surface area (Å²) in [5.41, 5.74) is 1.40. The Bertz CT molecular complexity index is 322. The Morgan fingerprint density at radius 1 is 1.19 bits per heavy atom. The number of hydrogen-bond acceptors (Lipinski definition) is 1. The first-order valence-electron chi connectivity index (χ1n) is 5.84. The number of benzene rings is 1. The highest BCUT2D eigenvalue weighted by Crippen LogP contribution is 2.10. The van der Waals surface area contributed by atoms with Gasteiger partial charge in [-0.3, -0.25) is 4.99 Å². The van der Waals surface area contributed by atoms with Crippen molar-refractivity contribution in [1.29, 1.82) is 0 Å². The van der Waals surface area contributed by atoms with Crippen molar-refractivity contribution in [2.75, 3.05) is 6.54 Å². The summed E-state index contributed by atoms with van der Waals surface area (Å²) < 4.78 is 0. The van der Waals surface area contributed by atoms with Gasteiger partial charge in [-0.1, -0.05) is 30.3 Å². The zero-order valence-electron chi connectivity index (χ0n) is 10.8. The van der Waals surface area contributed by atoms with E-state index in [2.05, 4.69) is 49.7 Å². The summed E-state index contributed by atoms with van der Waals surface area (Å²) in [5, 5.41) is 0. The molecule has 0 aliphatic rings. The molecule has 1 rings (SSSR count). The molecule has 0 N–H and O–H groups in total. The average Bonchev–Trinajstić information content (AvgIpc) is 2.24. The average molecular weight is 218 g/mol. The van der Waals surface area contributed by atoms with E-state index in [1.54, 1.807) is 0 Å². The second-order valence-electron chi connectivity index (χ2n) is 4.90. The molecule has 0 saturated heterocycles. The van der Waals surface area contributed by atoms with Crippen molar-refractivity contribution < 1.29 is 0 Å². The third kappa shape index (κ3) is 4.05. The molecule has 0 bridgehead atoms. The monoisotopic (exact) mass is 218 g/mol. The smallest absolute Gasteiger partial charge is 0.0858 e. The minimum atomic E-state index is 0.148. The summed E-state index contributed by atoms with van der Waals surface area (Å²) in [7, 11) is 0. The molecule has 2 nitrogen and oxygen atoms in total. The molecule has 0 aromatic heterocycles. The van der Waals surface area contributed by atoms with Crippen LogP contribution in [0.5, 0.6) is 0 Å². The third-order valence-corrected chi connectivity index (χ3v) is 2.54. The maximum absolute atomic E-state index is 4.48. The normalized spacial score (nSPS) is 12.0. The van der Waals surface area contributed by atoms with E-state index in [0.29, 0.717) is 0 Å². The van der Waals surface area contributed by atoms with Crippen LogP contribution in [0.4, 0.5) is 0 Å². The maximum atomic E-state index is 4.48. The van der Waals surface area contributed by atoms with E-state index in [9.17, 15) is 0 Å². The number of rotatable bonds is 4. The van der Waals surface area contributed by atoms with Crippen LogP contribution in [-0.2, 0) is 6.54 Å². The lowest BCUT2D eigenvalue weighted by Crippen LogP contribution is -2.40. The van der Waals surface area contributed by atoms with E-state index in [1.807, 2.05) is 24.5 Å². The van der Waals surface area contributed by atoms with Crippen molar-refractivity contribution in [3.05, 3.63) is 35.9 Å². The highest BCUT2D eigenvalue weighted by atomic mass is 15.2. The van der Waals surface area contributed by atoms with Gasteiger partial charge in [0.2, 0.25) is 0 Å². The van der Waals surface area contributed by atoms with Crippen molar-refractivity contribution in [3.8, 4) is 0 Å². The van der Waals surface area contributed by atoms with Crippen molar-refractivity contribution in [3.63, 3.8) is 0 Å². The van der Waals surface area contributed by atoms with Crippen LogP contribution in [0, 0.1) is 0 Å². The van der Waals surface area contributed by atoms with E-state index in [1.165, 1.54) is 5.56 Å². The topological polar surface area (TPSA) is 15.6 Å². The first-order valence-corrected chi connectivity index (χ1v) is 5.84. The van der Waals surface area contributed by atoms with Gasteiger partial charge >= 0.3 is 0 Å². The zero-order chi connectivity index (χ0) is 12.0. The molecule has 0 radical (unpaired) electrons. The Morgan fingerprint density at radius 2 is 1.81 bits per heavy atom. The van der Waals surface area contributed by atoms with Crippen LogP contribution in [0.25, 0.3) is 0 Å². The van der Waals surface area contributed by atoms with Crippen molar-refractivity contribution in [2.45, 2.75) is 39.8 Å². The Hall–Kier alpha value is -1.31. The predicted octanol–water partition coefficient (Wildman–Crippen LogP) is 3.34. The van der Waals surface area contributed by atoms with E-state index < -0.39 is 0 Å². The van der Waals surface area contributed by atoms with Crippen LogP contribution in [0.3, 0.4) is 0 Å². The molecular weight excluding hydrogens is 196 g/mol. The summed E-state index contributed by atoms with van der Waals surface area (Å²) in [5.74, 6) is 0. The molecule has 0 unspecified atom stereocenters. The van der Waals surface area contributed by atoms with Crippen LogP contribution < -0.4 is 0 Å². The number of aliphatic imine (C=N–C) groups is 1. The summed E-state index contributed by atoms with van der Waals surface area (Å²) in [6.07, 6.45) is 1.97. The van der Waals surface area contributed by atoms with Crippen LogP contribution >= 0.6 is 0 Å². The lowest BCUT2D eigenvalue weighted by molar-refractivity contribution is 0.255. The minimum Gasteiger partial charge on any atom is -0.358 e. The van der Waals surface area contributed by atoms with Gasteiger partial charge in [-0.25, -0.2) is 0 Å². The molecule has 1 aromatic rings. The summed E-state index contributed by atoms with van der Waals surface area (Å²) in [6, 6.07) is 10.3. The van der Waals surface area contributed by atoms with Gasteiger partial charge in [0.25, 0.3) is 0 Å². The second kappa shape index (κ2) is 5.69. The van der Waals surface area contributed by atoms with E-state index in [4.69, 9.17) is 0 Å². The van der Waals surface area contributed by atoms with Gasteiger partial charge in [0.15, 0.2) is 0 Å². The summed E-state index contributed by atoms with van der Waals surface area (Å²) >= 11 is 0. The molecule has 0 spiro atoms. The summed E-state index contributed by atoms with van der Waals surface area (Å²) in [4.78, 5) is 6.73. The third-order valence-electron chi connectivity index (χ3n) is 2.54. The van der Waals surface area contributed by atoms with Gasteiger partial charge < -0.3 is 4.90 Å². The quantitative estimate of drug-likeness (QED) is 0.559. The Labute approximate surface area is 99.0 Å². The van der Waals surface area contributed by atoms with Gasteiger partial charge in [-0.2, -0.15) is 0 Å². The van der Waals surface area contributed by atoms with Crippen molar-refractivity contribution in [2.24, 2.45) is 4.99 Å². The van der Waals surface area contributed by atoms with Crippen LogP contribution in [0.2, 0.25) is 0 Å². The lowest BCUT2D eigenvalue weighted by atomic mass is 10.1. The van der Waals surface area contributed by atoms with E-state index in [-0.39, 0.29) is 5.54 Å². The molecule has 0 aliphatic heterocycles. The molecule has 2 heteroatoms. The van der Waals surface area contributed by atoms with Gasteiger partial charge in [0.1, 0.15) is 0 Å². The fourth-order valence-corrected chi connectivity index (χ4v) is 1.56. The zero-order valence-corrected chi connectivity index (χ0v) is 10.8. The van der Waals surface area contributed by atoms with E-state index in [0.717, 1.165) is 13.1 Å². The van der Waals surface area contributed by atoms with Crippen LogP contribution in [0.1, 0.15) is 33.3 Å². The van der Waals surface area contributed by atoms with Gasteiger partial charge in [-0.15, -0.1) is 0 Å². The Kier molecular flexibility index (Phi) is 4.53. The Balaban J connectivity index is 2.54.